The summed E-state index contributed by atoms with van der Waals surface area (Å²) in [5.74, 6) is -0.328. The van der Waals surface area contributed by atoms with Crippen LogP contribution in [0.3, 0.4) is 0 Å². The monoisotopic (exact) mass is 290 g/mol. The van der Waals surface area contributed by atoms with Gasteiger partial charge in [0.2, 0.25) is 0 Å². The van der Waals surface area contributed by atoms with Gasteiger partial charge in [-0.05, 0) is 6.07 Å². The molecule has 1 N–H and O–H groups in total. The Kier molecular flexibility index (Phi) is 4.84. The van der Waals surface area contributed by atoms with Gasteiger partial charge in [-0.1, -0.05) is 30.3 Å². The molecular formula is C15H15FN2O3. The molecule has 0 spiro atoms. The van der Waals surface area contributed by atoms with Crippen LogP contribution in [0.1, 0.15) is 11.1 Å². The molecule has 0 radical (unpaired) electrons. The van der Waals surface area contributed by atoms with Crippen LogP contribution in [0.2, 0.25) is 0 Å². The average molecular weight is 290 g/mol. The fourth-order valence-electron chi connectivity index (χ4n) is 2.03. The van der Waals surface area contributed by atoms with Gasteiger partial charge in [0.1, 0.15) is 11.5 Å². The van der Waals surface area contributed by atoms with Crippen molar-refractivity contribution in [1.29, 1.82) is 0 Å². The highest BCUT2D eigenvalue weighted by Gasteiger charge is 2.16. The fraction of sp³-hybridized carbons (Fsp3) is 0.200. The molecule has 0 aliphatic rings. The summed E-state index contributed by atoms with van der Waals surface area (Å²) in [5.41, 5.74) is 1.51. The lowest BCUT2D eigenvalue weighted by molar-refractivity contribution is -0.384. The first-order chi connectivity index (χ1) is 10.1. The molecule has 0 saturated carbocycles. The minimum atomic E-state index is -0.452. The predicted molar refractivity (Wildman–Crippen MR) is 77.5 cm³/mol. The number of nitrogens with one attached hydrogen (secondary N) is 1. The van der Waals surface area contributed by atoms with E-state index in [2.05, 4.69) is 5.32 Å². The molecule has 0 bridgehead atoms. The second-order valence-electron chi connectivity index (χ2n) is 4.40. The van der Waals surface area contributed by atoms with E-state index in [9.17, 15) is 14.5 Å². The molecule has 2 aromatic carbocycles. The first-order valence-corrected chi connectivity index (χ1v) is 6.38. The molecule has 0 saturated heterocycles. The largest absolute Gasteiger partial charge is 0.382 e. The van der Waals surface area contributed by atoms with E-state index < -0.39 is 4.92 Å². The maximum Gasteiger partial charge on any atom is 0.292 e. The zero-order chi connectivity index (χ0) is 15.2. The molecule has 5 nitrogen and oxygen atoms in total. The van der Waals surface area contributed by atoms with Gasteiger partial charge in [-0.2, -0.15) is 0 Å². The van der Waals surface area contributed by atoms with Gasteiger partial charge in [-0.3, -0.25) is 10.1 Å². The molecule has 0 aliphatic carbocycles. The van der Waals surface area contributed by atoms with Crippen molar-refractivity contribution in [2.24, 2.45) is 0 Å². The van der Waals surface area contributed by atoms with E-state index in [1.165, 1.54) is 12.1 Å². The van der Waals surface area contributed by atoms with Crippen molar-refractivity contribution >= 4 is 11.4 Å². The quantitative estimate of drug-likeness (QED) is 0.653. The van der Waals surface area contributed by atoms with Crippen LogP contribution in [-0.2, 0) is 18.0 Å². The molecule has 110 valence electrons. The van der Waals surface area contributed by atoms with Crippen molar-refractivity contribution in [3.05, 3.63) is 69.5 Å². The number of nitrogens with zero attached hydrogens (tertiary/aromatic N) is 1. The summed E-state index contributed by atoms with van der Waals surface area (Å²) in [4.78, 5) is 10.5. The number of hydrogen-bond donors (Lipinski definition) is 1. The first-order valence-electron chi connectivity index (χ1n) is 6.38. The van der Waals surface area contributed by atoms with Crippen LogP contribution in [0.15, 0.2) is 42.5 Å². The van der Waals surface area contributed by atoms with Crippen molar-refractivity contribution in [2.75, 3.05) is 12.4 Å². The van der Waals surface area contributed by atoms with Gasteiger partial charge in [-0.25, -0.2) is 4.39 Å². The molecule has 0 fully saturated rings. The summed E-state index contributed by atoms with van der Waals surface area (Å²) < 4.78 is 18.9. The molecule has 0 heterocycles. The van der Waals surface area contributed by atoms with Crippen molar-refractivity contribution in [3.8, 4) is 0 Å². The Morgan fingerprint density at radius 2 is 1.81 bits per heavy atom. The fourth-order valence-corrected chi connectivity index (χ4v) is 2.03. The van der Waals surface area contributed by atoms with Crippen LogP contribution in [-0.4, -0.2) is 12.0 Å². The van der Waals surface area contributed by atoms with Crippen LogP contribution in [0.5, 0.6) is 0 Å². The predicted octanol–water partition coefficient (Wildman–Crippen LogP) is 3.49. The number of nitro groups is 1. The van der Waals surface area contributed by atoms with Crippen LogP contribution >= 0.6 is 0 Å². The van der Waals surface area contributed by atoms with Gasteiger partial charge in [0.05, 0.1) is 18.1 Å². The minimum absolute atomic E-state index is 0.00973. The summed E-state index contributed by atoms with van der Waals surface area (Å²) in [6, 6.07) is 11.1. The van der Waals surface area contributed by atoms with Gasteiger partial charge in [0.25, 0.3) is 5.69 Å². The third kappa shape index (κ3) is 3.55. The third-order valence-electron chi connectivity index (χ3n) is 3.05. The van der Waals surface area contributed by atoms with Crippen LogP contribution in [0.4, 0.5) is 15.8 Å². The zero-order valence-electron chi connectivity index (χ0n) is 11.5. The van der Waals surface area contributed by atoms with Gasteiger partial charge in [-0.15, -0.1) is 0 Å². The number of para-hydroxylation sites is 1. The molecule has 2 rings (SSSR count). The highest BCUT2D eigenvalue weighted by molar-refractivity contribution is 5.65. The molecular weight excluding hydrogens is 275 g/mol. The maximum absolute atomic E-state index is 13.4. The number of nitro benzene ring substituents is 1. The Bertz CT molecular complexity index is 647. The highest BCUT2D eigenvalue weighted by atomic mass is 19.1. The van der Waals surface area contributed by atoms with E-state index in [0.717, 1.165) is 0 Å². The Hall–Kier alpha value is -2.47. The number of rotatable bonds is 6. The Balaban J connectivity index is 2.08. The minimum Gasteiger partial charge on any atom is -0.382 e. The molecule has 0 unspecified atom stereocenters. The number of benzene rings is 2. The second kappa shape index (κ2) is 6.81. The van der Waals surface area contributed by atoms with Crippen molar-refractivity contribution in [1.82, 2.24) is 0 Å². The van der Waals surface area contributed by atoms with Crippen molar-refractivity contribution < 1.29 is 14.1 Å². The SMILES string of the molecule is CNc1c(COCc2ccccc2F)cccc1[N+](=O)[O-]. The lowest BCUT2D eigenvalue weighted by Gasteiger charge is -2.10. The average Bonchev–Trinajstić information content (AvgIpc) is 2.48. The molecule has 0 aromatic heterocycles. The molecule has 21 heavy (non-hydrogen) atoms. The lowest BCUT2D eigenvalue weighted by Crippen LogP contribution is -2.03. The zero-order valence-corrected chi connectivity index (χ0v) is 11.5. The van der Waals surface area contributed by atoms with Crippen molar-refractivity contribution in [2.45, 2.75) is 13.2 Å². The van der Waals surface area contributed by atoms with E-state index in [4.69, 9.17) is 4.74 Å². The first kappa shape index (κ1) is 14.9. The van der Waals surface area contributed by atoms with E-state index in [1.807, 2.05) is 0 Å². The highest BCUT2D eigenvalue weighted by Crippen LogP contribution is 2.28. The topological polar surface area (TPSA) is 64.4 Å². The van der Waals surface area contributed by atoms with E-state index >= 15 is 0 Å². The molecule has 0 amide bonds. The molecule has 6 heteroatoms. The van der Waals surface area contributed by atoms with Gasteiger partial charge < -0.3 is 10.1 Å². The smallest absolute Gasteiger partial charge is 0.292 e. The summed E-state index contributed by atoms with van der Waals surface area (Å²) in [5, 5.41) is 13.8. The van der Waals surface area contributed by atoms with Crippen LogP contribution < -0.4 is 5.32 Å². The molecule has 2 aromatic rings. The molecule has 0 aliphatic heterocycles. The van der Waals surface area contributed by atoms with Gasteiger partial charge in [0.15, 0.2) is 0 Å². The number of hydrogen-bond acceptors (Lipinski definition) is 4. The van der Waals surface area contributed by atoms with Crippen LogP contribution in [0, 0.1) is 15.9 Å². The van der Waals surface area contributed by atoms with E-state index in [-0.39, 0.29) is 24.7 Å². The van der Waals surface area contributed by atoms with Gasteiger partial charge >= 0.3 is 0 Å². The summed E-state index contributed by atoms with van der Waals surface area (Å²) >= 11 is 0. The van der Waals surface area contributed by atoms with Crippen LogP contribution in [0.25, 0.3) is 0 Å². The maximum atomic E-state index is 13.4. The normalized spacial score (nSPS) is 10.4. The Morgan fingerprint density at radius 3 is 2.48 bits per heavy atom. The standard InChI is InChI=1S/C15H15FN2O3/c1-17-15-12(6-4-8-14(15)18(19)20)10-21-9-11-5-2-3-7-13(11)16/h2-8,17H,9-10H2,1H3. The van der Waals surface area contributed by atoms with Crippen molar-refractivity contribution in [3.63, 3.8) is 0 Å². The third-order valence-corrected chi connectivity index (χ3v) is 3.05. The summed E-state index contributed by atoms with van der Waals surface area (Å²) in [6.07, 6.45) is 0. The Labute approximate surface area is 121 Å². The van der Waals surface area contributed by atoms with Gasteiger partial charge in [0, 0.05) is 24.2 Å². The number of anilines is 1. The Morgan fingerprint density at radius 1 is 1.14 bits per heavy atom. The van der Waals surface area contributed by atoms with E-state index in [0.29, 0.717) is 16.8 Å². The van der Waals surface area contributed by atoms with E-state index in [1.54, 1.807) is 37.4 Å². The number of halogens is 1. The lowest BCUT2D eigenvalue weighted by atomic mass is 10.1. The summed E-state index contributed by atoms with van der Waals surface area (Å²) in [6.45, 7) is 0.269. The number of ether oxygens (including phenoxy) is 1. The molecule has 0 atom stereocenters. The summed E-state index contributed by atoms with van der Waals surface area (Å²) in [7, 11) is 1.61. The second-order valence-corrected chi connectivity index (χ2v) is 4.40.